The van der Waals surface area contributed by atoms with E-state index in [0.717, 1.165) is 3.57 Å². The molecule has 1 unspecified atom stereocenters. The lowest BCUT2D eigenvalue weighted by molar-refractivity contribution is -0.0264. The summed E-state index contributed by atoms with van der Waals surface area (Å²) in [4.78, 5) is 7.75. The Hall–Kier alpha value is -0.140. The molecule has 0 aromatic carbocycles. The molecule has 6 heteroatoms. The highest BCUT2D eigenvalue weighted by Gasteiger charge is 2.25. The number of aromatic nitrogens is 2. The lowest BCUT2D eigenvalue weighted by Crippen LogP contribution is -2.38. The predicted octanol–water partition coefficient (Wildman–Crippen LogP) is 2.27. The molecule has 1 aromatic heterocycles. The SMILES string of the molecule is CC(Oc1nc(Cl)ncc1I)C(C)(C)O. The number of nitrogens with zero attached hydrogens (tertiary/aromatic N) is 2. The van der Waals surface area contributed by atoms with Crippen LogP contribution < -0.4 is 4.74 Å². The number of hydrogen-bond acceptors (Lipinski definition) is 4. The van der Waals surface area contributed by atoms with Gasteiger partial charge in [-0.05, 0) is 55.0 Å². The molecule has 0 spiro atoms. The Bertz CT molecular complexity index is 354. The first-order valence-corrected chi connectivity index (χ1v) is 5.83. The van der Waals surface area contributed by atoms with E-state index in [1.54, 1.807) is 27.0 Å². The fraction of sp³-hybridized carbons (Fsp3) is 0.556. The number of hydrogen-bond donors (Lipinski definition) is 1. The van der Waals surface area contributed by atoms with E-state index in [-0.39, 0.29) is 11.4 Å². The zero-order valence-corrected chi connectivity index (χ0v) is 11.6. The zero-order valence-electron chi connectivity index (χ0n) is 8.66. The molecule has 1 heterocycles. The molecule has 0 fully saturated rings. The molecule has 0 aliphatic heterocycles. The van der Waals surface area contributed by atoms with Gasteiger partial charge in [-0.15, -0.1) is 0 Å². The van der Waals surface area contributed by atoms with Crippen molar-refractivity contribution in [3.05, 3.63) is 15.1 Å². The highest BCUT2D eigenvalue weighted by molar-refractivity contribution is 14.1. The normalized spacial score (nSPS) is 13.7. The van der Waals surface area contributed by atoms with Crippen LogP contribution in [-0.2, 0) is 0 Å². The van der Waals surface area contributed by atoms with Crippen molar-refractivity contribution >= 4 is 34.2 Å². The molecule has 0 saturated heterocycles. The van der Waals surface area contributed by atoms with E-state index in [2.05, 4.69) is 9.97 Å². The minimum Gasteiger partial charge on any atom is -0.471 e. The molecule has 84 valence electrons. The van der Waals surface area contributed by atoms with Crippen molar-refractivity contribution < 1.29 is 9.84 Å². The molecule has 0 amide bonds. The van der Waals surface area contributed by atoms with Crippen molar-refractivity contribution in [3.63, 3.8) is 0 Å². The average Bonchev–Trinajstić information content (AvgIpc) is 2.09. The Labute approximate surface area is 107 Å². The first-order chi connectivity index (χ1) is 6.80. The maximum absolute atomic E-state index is 9.70. The van der Waals surface area contributed by atoms with Crippen LogP contribution in [0.2, 0.25) is 5.28 Å². The van der Waals surface area contributed by atoms with Crippen LogP contribution in [-0.4, -0.2) is 26.8 Å². The van der Waals surface area contributed by atoms with Crippen LogP contribution in [0, 0.1) is 3.57 Å². The first kappa shape index (κ1) is 12.9. The fourth-order valence-electron chi connectivity index (χ4n) is 0.726. The lowest BCUT2D eigenvalue weighted by atomic mass is 10.0. The smallest absolute Gasteiger partial charge is 0.231 e. The summed E-state index contributed by atoms with van der Waals surface area (Å²) < 4.78 is 6.25. The van der Waals surface area contributed by atoms with Crippen LogP contribution in [0.15, 0.2) is 6.20 Å². The third-order valence-corrected chi connectivity index (χ3v) is 2.89. The van der Waals surface area contributed by atoms with Gasteiger partial charge in [0.25, 0.3) is 0 Å². The Morgan fingerprint density at radius 3 is 2.73 bits per heavy atom. The Balaban J connectivity index is 2.85. The third kappa shape index (κ3) is 3.73. The quantitative estimate of drug-likeness (QED) is 0.676. The first-order valence-electron chi connectivity index (χ1n) is 4.38. The second-order valence-corrected chi connectivity index (χ2v) is 5.21. The Kier molecular flexibility index (Phi) is 4.13. The van der Waals surface area contributed by atoms with Crippen molar-refractivity contribution in [3.8, 4) is 5.88 Å². The Morgan fingerprint density at radius 2 is 2.20 bits per heavy atom. The molecule has 0 radical (unpaired) electrons. The van der Waals surface area contributed by atoms with E-state index in [4.69, 9.17) is 16.3 Å². The third-order valence-electron chi connectivity index (χ3n) is 1.97. The van der Waals surface area contributed by atoms with Gasteiger partial charge in [0, 0.05) is 6.20 Å². The largest absolute Gasteiger partial charge is 0.471 e. The van der Waals surface area contributed by atoms with Crippen LogP contribution in [0.4, 0.5) is 0 Å². The number of rotatable bonds is 3. The monoisotopic (exact) mass is 342 g/mol. The van der Waals surface area contributed by atoms with Crippen LogP contribution in [0.3, 0.4) is 0 Å². The molecule has 0 aliphatic rings. The number of aliphatic hydroxyl groups is 1. The van der Waals surface area contributed by atoms with Gasteiger partial charge in [0.15, 0.2) is 0 Å². The minimum absolute atomic E-state index is 0.133. The van der Waals surface area contributed by atoms with Gasteiger partial charge >= 0.3 is 0 Å². The number of halogens is 2. The van der Waals surface area contributed by atoms with Gasteiger partial charge in [0.05, 0.1) is 9.17 Å². The van der Waals surface area contributed by atoms with Crippen molar-refractivity contribution in [2.24, 2.45) is 0 Å². The van der Waals surface area contributed by atoms with Crippen LogP contribution in [0.25, 0.3) is 0 Å². The molecule has 0 bridgehead atoms. The summed E-state index contributed by atoms with van der Waals surface area (Å²) in [6.45, 7) is 5.12. The molecular formula is C9H12ClIN2O2. The summed E-state index contributed by atoms with van der Waals surface area (Å²) >= 11 is 7.69. The summed E-state index contributed by atoms with van der Waals surface area (Å²) in [5, 5.41) is 9.84. The average molecular weight is 343 g/mol. The lowest BCUT2D eigenvalue weighted by Gasteiger charge is -2.26. The minimum atomic E-state index is -0.930. The maximum atomic E-state index is 9.70. The van der Waals surface area contributed by atoms with Gasteiger partial charge in [-0.3, -0.25) is 0 Å². The topological polar surface area (TPSA) is 55.2 Å². The van der Waals surface area contributed by atoms with E-state index in [1.165, 1.54) is 0 Å². The van der Waals surface area contributed by atoms with Crippen molar-refractivity contribution in [2.75, 3.05) is 0 Å². The van der Waals surface area contributed by atoms with E-state index in [1.807, 2.05) is 22.6 Å². The van der Waals surface area contributed by atoms with Crippen LogP contribution >= 0.6 is 34.2 Å². The summed E-state index contributed by atoms with van der Waals surface area (Å²) in [5.41, 5.74) is -0.930. The summed E-state index contributed by atoms with van der Waals surface area (Å²) in [5.74, 6) is 0.394. The molecule has 15 heavy (non-hydrogen) atoms. The van der Waals surface area contributed by atoms with E-state index >= 15 is 0 Å². The molecule has 1 aromatic rings. The summed E-state index contributed by atoms with van der Waals surface area (Å²) in [7, 11) is 0. The van der Waals surface area contributed by atoms with Gasteiger partial charge in [-0.25, -0.2) is 4.98 Å². The standard InChI is InChI=1S/C9H12ClIN2O2/c1-5(9(2,3)14)15-7-6(11)4-12-8(10)13-7/h4-5,14H,1-3H3. The molecule has 4 nitrogen and oxygen atoms in total. The van der Waals surface area contributed by atoms with E-state index in [9.17, 15) is 5.11 Å². The van der Waals surface area contributed by atoms with Gasteiger partial charge < -0.3 is 9.84 Å². The van der Waals surface area contributed by atoms with E-state index in [0.29, 0.717) is 5.88 Å². The van der Waals surface area contributed by atoms with Crippen molar-refractivity contribution in [1.29, 1.82) is 0 Å². The second-order valence-electron chi connectivity index (χ2n) is 3.71. The summed E-state index contributed by atoms with van der Waals surface area (Å²) in [6.07, 6.45) is 1.19. The molecule has 0 saturated carbocycles. The van der Waals surface area contributed by atoms with Crippen LogP contribution in [0.5, 0.6) is 5.88 Å². The summed E-state index contributed by atoms with van der Waals surface area (Å²) in [6, 6.07) is 0. The van der Waals surface area contributed by atoms with Crippen molar-refractivity contribution in [2.45, 2.75) is 32.5 Å². The molecule has 1 rings (SSSR count). The zero-order chi connectivity index (χ0) is 11.6. The van der Waals surface area contributed by atoms with Gasteiger partial charge in [-0.2, -0.15) is 4.98 Å². The molecular weight excluding hydrogens is 330 g/mol. The van der Waals surface area contributed by atoms with Gasteiger partial charge in [0.1, 0.15) is 6.10 Å². The predicted molar refractivity (Wildman–Crippen MR) is 66.1 cm³/mol. The maximum Gasteiger partial charge on any atom is 0.231 e. The van der Waals surface area contributed by atoms with Crippen molar-refractivity contribution in [1.82, 2.24) is 9.97 Å². The second kappa shape index (κ2) is 4.80. The number of ether oxygens (including phenoxy) is 1. The molecule has 1 N–H and O–H groups in total. The van der Waals surface area contributed by atoms with Crippen LogP contribution in [0.1, 0.15) is 20.8 Å². The Morgan fingerprint density at radius 1 is 1.60 bits per heavy atom. The highest BCUT2D eigenvalue weighted by Crippen LogP contribution is 2.22. The fourth-order valence-corrected chi connectivity index (χ4v) is 1.24. The van der Waals surface area contributed by atoms with Gasteiger partial charge in [-0.1, -0.05) is 0 Å². The van der Waals surface area contributed by atoms with E-state index < -0.39 is 5.60 Å². The highest BCUT2D eigenvalue weighted by atomic mass is 127. The molecule has 0 aliphatic carbocycles. The molecule has 1 atom stereocenters. The van der Waals surface area contributed by atoms with Gasteiger partial charge in [0.2, 0.25) is 11.2 Å².